The summed E-state index contributed by atoms with van der Waals surface area (Å²) >= 11 is 4.89. The van der Waals surface area contributed by atoms with Gasteiger partial charge in [0.2, 0.25) is 0 Å². The first kappa shape index (κ1) is 14.3. The molecular formula is C13H15BrN4S. The van der Waals surface area contributed by atoms with Gasteiger partial charge in [0.1, 0.15) is 21.7 Å². The van der Waals surface area contributed by atoms with Crippen LogP contribution in [0.3, 0.4) is 0 Å². The Balaban J connectivity index is 2.30. The summed E-state index contributed by atoms with van der Waals surface area (Å²) in [6.07, 6.45) is 3.62. The molecule has 0 aliphatic rings. The Hall–Kier alpha value is -1.14. The fourth-order valence-electron chi connectivity index (χ4n) is 1.51. The summed E-state index contributed by atoms with van der Waals surface area (Å²) in [5.41, 5.74) is 6.85. The Morgan fingerprint density at radius 2 is 2.11 bits per heavy atom. The minimum atomic E-state index is 0.554. The van der Waals surface area contributed by atoms with E-state index in [1.807, 2.05) is 19.1 Å². The van der Waals surface area contributed by atoms with Crippen LogP contribution in [0.4, 0.5) is 5.82 Å². The van der Waals surface area contributed by atoms with E-state index in [-0.39, 0.29) is 0 Å². The van der Waals surface area contributed by atoms with Crippen molar-refractivity contribution in [1.29, 1.82) is 0 Å². The van der Waals surface area contributed by atoms with Gasteiger partial charge in [-0.25, -0.2) is 15.0 Å². The molecule has 0 saturated carbocycles. The van der Waals surface area contributed by atoms with Gasteiger partial charge in [0.25, 0.3) is 0 Å². The van der Waals surface area contributed by atoms with Crippen molar-refractivity contribution >= 4 is 33.5 Å². The van der Waals surface area contributed by atoms with Crippen LogP contribution < -0.4 is 5.73 Å². The fraction of sp³-hybridized carbons (Fsp3) is 0.308. The number of nitrogens with zero attached hydrogens (tertiary/aromatic N) is 3. The molecule has 0 radical (unpaired) electrons. The van der Waals surface area contributed by atoms with Crippen molar-refractivity contribution in [3.63, 3.8) is 0 Å². The van der Waals surface area contributed by atoms with E-state index in [4.69, 9.17) is 5.73 Å². The Labute approximate surface area is 125 Å². The summed E-state index contributed by atoms with van der Waals surface area (Å²) in [6, 6.07) is 3.91. The van der Waals surface area contributed by atoms with E-state index < -0.39 is 0 Å². The lowest BCUT2D eigenvalue weighted by atomic mass is 10.3. The highest BCUT2D eigenvalue weighted by Gasteiger charge is 2.10. The standard InChI is InChI=1S/C13H15BrN4S/c1-3-4-10-17-12(15)8(2)13(18-10)19-11-6-5-9(14)7-16-11/h5-7H,3-4H2,1-2H3,(H2,15,17,18). The molecule has 4 nitrogen and oxygen atoms in total. The van der Waals surface area contributed by atoms with Crippen LogP contribution in [0.25, 0.3) is 0 Å². The number of rotatable bonds is 4. The second-order valence-corrected chi connectivity index (χ2v) is 6.05. The van der Waals surface area contributed by atoms with E-state index in [2.05, 4.69) is 37.8 Å². The molecule has 0 fully saturated rings. The molecule has 0 aliphatic carbocycles. The zero-order valence-corrected chi connectivity index (χ0v) is 13.3. The summed E-state index contributed by atoms with van der Waals surface area (Å²) in [5.74, 6) is 1.35. The predicted octanol–water partition coefficient (Wildman–Crippen LogP) is 3.63. The van der Waals surface area contributed by atoms with E-state index >= 15 is 0 Å². The summed E-state index contributed by atoms with van der Waals surface area (Å²) in [5, 5.41) is 1.78. The molecule has 0 aromatic carbocycles. The summed E-state index contributed by atoms with van der Waals surface area (Å²) < 4.78 is 0.961. The molecule has 0 amide bonds. The second kappa shape index (κ2) is 6.34. The van der Waals surface area contributed by atoms with Gasteiger partial charge < -0.3 is 5.73 Å². The Morgan fingerprint density at radius 3 is 2.74 bits per heavy atom. The summed E-state index contributed by atoms with van der Waals surface area (Å²) in [4.78, 5) is 13.2. The minimum absolute atomic E-state index is 0.554. The third-order valence-electron chi connectivity index (χ3n) is 2.56. The zero-order valence-electron chi connectivity index (χ0n) is 10.9. The van der Waals surface area contributed by atoms with Crippen LogP contribution >= 0.6 is 27.7 Å². The van der Waals surface area contributed by atoms with Crippen molar-refractivity contribution in [2.75, 3.05) is 5.73 Å². The van der Waals surface area contributed by atoms with Gasteiger partial charge in [-0.05, 0) is 53.2 Å². The number of hydrogen-bond acceptors (Lipinski definition) is 5. The number of pyridine rings is 1. The van der Waals surface area contributed by atoms with Crippen molar-refractivity contribution in [2.45, 2.75) is 36.7 Å². The Kier molecular flexibility index (Phi) is 4.76. The van der Waals surface area contributed by atoms with Crippen LogP contribution in [0.2, 0.25) is 0 Å². The van der Waals surface area contributed by atoms with E-state index in [0.29, 0.717) is 5.82 Å². The van der Waals surface area contributed by atoms with Crippen LogP contribution in [0.5, 0.6) is 0 Å². The van der Waals surface area contributed by atoms with Crippen molar-refractivity contribution in [1.82, 2.24) is 15.0 Å². The van der Waals surface area contributed by atoms with Gasteiger partial charge in [-0.2, -0.15) is 0 Å². The van der Waals surface area contributed by atoms with Gasteiger partial charge in [-0.15, -0.1) is 0 Å². The monoisotopic (exact) mass is 338 g/mol. The SMILES string of the molecule is CCCc1nc(N)c(C)c(Sc2ccc(Br)cn2)n1. The highest BCUT2D eigenvalue weighted by atomic mass is 79.9. The average molecular weight is 339 g/mol. The van der Waals surface area contributed by atoms with E-state index in [0.717, 1.165) is 38.8 Å². The van der Waals surface area contributed by atoms with Gasteiger partial charge in [-0.1, -0.05) is 6.92 Å². The average Bonchev–Trinajstić information content (AvgIpc) is 2.38. The number of hydrogen-bond donors (Lipinski definition) is 1. The largest absolute Gasteiger partial charge is 0.383 e. The normalized spacial score (nSPS) is 10.7. The highest BCUT2D eigenvalue weighted by Crippen LogP contribution is 2.29. The van der Waals surface area contributed by atoms with Crippen LogP contribution in [0.1, 0.15) is 24.7 Å². The number of aryl methyl sites for hydroxylation is 1. The number of halogens is 1. The van der Waals surface area contributed by atoms with Crippen LogP contribution in [0.15, 0.2) is 32.9 Å². The van der Waals surface area contributed by atoms with Gasteiger partial charge in [0, 0.05) is 22.7 Å². The molecule has 100 valence electrons. The molecule has 0 bridgehead atoms. The zero-order chi connectivity index (χ0) is 13.8. The maximum atomic E-state index is 5.94. The van der Waals surface area contributed by atoms with E-state index in [1.165, 1.54) is 11.8 Å². The van der Waals surface area contributed by atoms with Crippen molar-refractivity contribution in [3.05, 3.63) is 34.2 Å². The topological polar surface area (TPSA) is 64.7 Å². The first-order chi connectivity index (χ1) is 9.10. The lowest BCUT2D eigenvalue weighted by Gasteiger charge is -2.08. The van der Waals surface area contributed by atoms with Gasteiger partial charge >= 0.3 is 0 Å². The molecule has 2 rings (SSSR count). The lowest BCUT2D eigenvalue weighted by Crippen LogP contribution is -2.04. The molecule has 0 saturated heterocycles. The molecule has 0 atom stereocenters. The fourth-order valence-corrected chi connectivity index (χ4v) is 2.60. The lowest BCUT2D eigenvalue weighted by molar-refractivity contribution is 0.805. The minimum Gasteiger partial charge on any atom is -0.383 e. The molecule has 0 spiro atoms. The summed E-state index contributed by atoms with van der Waals surface area (Å²) in [7, 11) is 0. The number of anilines is 1. The Bertz CT molecular complexity index is 572. The number of nitrogen functional groups attached to an aromatic ring is 1. The molecule has 6 heteroatoms. The third-order valence-corrected chi connectivity index (χ3v) is 4.07. The van der Waals surface area contributed by atoms with Crippen molar-refractivity contribution in [3.8, 4) is 0 Å². The molecule has 2 N–H and O–H groups in total. The van der Waals surface area contributed by atoms with Crippen LogP contribution in [-0.4, -0.2) is 15.0 Å². The molecule has 2 heterocycles. The quantitative estimate of drug-likeness (QED) is 0.862. The van der Waals surface area contributed by atoms with Gasteiger partial charge in [0.15, 0.2) is 0 Å². The molecule has 0 unspecified atom stereocenters. The molecule has 2 aromatic rings. The molecule has 19 heavy (non-hydrogen) atoms. The molecule has 2 aromatic heterocycles. The number of aromatic nitrogens is 3. The van der Waals surface area contributed by atoms with Crippen molar-refractivity contribution in [2.24, 2.45) is 0 Å². The molecule has 0 aliphatic heterocycles. The van der Waals surface area contributed by atoms with Crippen LogP contribution in [-0.2, 0) is 6.42 Å². The van der Waals surface area contributed by atoms with Crippen molar-refractivity contribution < 1.29 is 0 Å². The first-order valence-corrected chi connectivity index (χ1v) is 7.63. The third kappa shape index (κ3) is 3.67. The van der Waals surface area contributed by atoms with Gasteiger partial charge in [0.05, 0.1) is 0 Å². The highest BCUT2D eigenvalue weighted by molar-refractivity contribution is 9.10. The van der Waals surface area contributed by atoms with E-state index in [9.17, 15) is 0 Å². The van der Waals surface area contributed by atoms with Gasteiger partial charge in [-0.3, -0.25) is 0 Å². The Morgan fingerprint density at radius 1 is 1.32 bits per heavy atom. The first-order valence-electron chi connectivity index (χ1n) is 6.02. The number of nitrogens with two attached hydrogens (primary N) is 1. The predicted molar refractivity (Wildman–Crippen MR) is 81.2 cm³/mol. The second-order valence-electron chi connectivity index (χ2n) is 4.12. The molecular weight excluding hydrogens is 324 g/mol. The maximum absolute atomic E-state index is 5.94. The maximum Gasteiger partial charge on any atom is 0.132 e. The smallest absolute Gasteiger partial charge is 0.132 e. The van der Waals surface area contributed by atoms with E-state index in [1.54, 1.807) is 6.20 Å². The summed E-state index contributed by atoms with van der Waals surface area (Å²) in [6.45, 7) is 4.04. The van der Waals surface area contributed by atoms with Crippen LogP contribution in [0, 0.1) is 6.92 Å².